The number of carbonyl (C=O) groups is 1. The Morgan fingerprint density at radius 3 is 2.20 bits per heavy atom. The minimum atomic E-state index is -1.18. The third-order valence-corrected chi connectivity index (χ3v) is 3.93. The number of thioether (sulfide) groups is 1. The minimum absolute atomic E-state index is 0.0232. The molecule has 1 N–H and O–H groups in total. The fourth-order valence-electron chi connectivity index (χ4n) is 1.90. The zero-order valence-electron chi connectivity index (χ0n) is 12.5. The monoisotopic (exact) mass is 360 g/mol. The molecule has 126 valence electrons. The molecule has 0 saturated heterocycles. The molecule has 0 radical (unpaired) electrons. The normalized spacial score (nSPS) is 11.5. The molecule has 0 amide bonds. The number of hydrogen-bond acceptors (Lipinski definition) is 5. The van der Waals surface area contributed by atoms with Crippen LogP contribution in [-0.4, -0.2) is 21.3 Å². The summed E-state index contributed by atoms with van der Waals surface area (Å²) in [5, 5.41) is 16.9. The van der Waals surface area contributed by atoms with Gasteiger partial charge >= 0.3 is 5.97 Å². The van der Waals surface area contributed by atoms with E-state index < -0.39 is 17.6 Å². The van der Waals surface area contributed by atoms with Crippen molar-refractivity contribution in [2.45, 2.75) is 5.22 Å². The van der Waals surface area contributed by atoms with Crippen LogP contribution in [0.5, 0.6) is 0 Å². The van der Waals surface area contributed by atoms with E-state index >= 15 is 0 Å². The van der Waals surface area contributed by atoms with Crippen LogP contribution in [-0.2, 0) is 4.79 Å². The van der Waals surface area contributed by atoms with Crippen LogP contribution in [0, 0.1) is 11.6 Å². The average Bonchev–Trinajstić information content (AvgIpc) is 3.05. The second-order valence-corrected chi connectivity index (χ2v) is 5.84. The van der Waals surface area contributed by atoms with Crippen LogP contribution in [0.3, 0.4) is 0 Å². The van der Waals surface area contributed by atoms with Crippen molar-refractivity contribution in [3.8, 4) is 11.5 Å². The van der Waals surface area contributed by atoms with Crippen molar-refractivity contribution in [2.75, 3.05) is 0 Å². The van der Waals surface area contributed by atoms with Gasteiger partial charge in [0.2, 0.25) is 5.89 Å². The van der Waals surface area contributed by atoms with Gasteiger partial charge in [-0.3, -0.25) is 0 Å². The quantitative estimate of drug-likeness (QED) is 0.542. The molecular formula is C17H10F2N2O3S. The lowest BCUT2D eigenvalue weighted by Crippen LogP contribution is -1.96. The molecule has 0 saturated carbocycles. The lowest BCUT2D eigenvalue weighted by atomic mass is 10.2. The molecule has 0 unspecified atom stereocenters. The molecule has 8 heteroatoms. The van der Waals surface area contributed by atoms with Gasteiger partial charge in [0.1, 0.15) is 16.5 Å². The fraction of sp³-hybridized carbons (Fsp3) is 0. The van der Waals surface area contributed by atoms with Gasteiger partial charge in [-0.05, 0) is 59.8 Å². The molecular weight excluding hydrogens is 350 g/mol. The largest absolute Gasteiger partial charge is 0.477 e. The van der Waals surface area contributed by atoms with E-state index in [1.807, 2.05) is 0 Å². The van der Waals surface area contributed by atoms with E-state index in [0.717, 1.165) is 11.8 Å². The van der Waals surface area contributed by atoms with Crippen LogP contribution < -0.4 is 0 Å². The third-order valence-electron chi connectivity index (χ3n) is 3.07. The maximum atomic E-state index is 12.9. The SMILES string of the molecule is O=C(O)/C(=C\c1ccc(F)cc1)Sc1nnc(-c2ccc(F)cc2)o1. The van der Waals surface area contributed by atoms with Crippen LogP contribution in [0.1, 0.15) is 5.56 Å². The lowest BCUT2D eigenvalue weighted by molar-refractivity contribution is -0.131. The Labute approximate surface area is 145 Å². The molecule has 5 nitrogen and oxygen atoms in total. The van der Waals surface area contributed by atoms with E-state index in [0.29, 0.717) is 11.1 Å². The van der Waals surface area contributed by atoms with E-state index in [-0.39, 0.29) is 16.0 Å². The van der Waals surface area contributed by atoms with E-state index in [1.165, 1.54) is 54.6 Å². The summed E-state index contributed by atoms with van der Waals surface area (Å²) in [4.78, 5) is 11.3. The summed E-state index contributed by atoms with van der Waals surface area (Å²) in [6.07, 6.45) is 1.37. The Morgan fingerprint density at radius 2 is 1.60 bits per heavy atom. The molecule has 0 aliphatic rings. The highest BCUT2D eigenvalue weighted by atomic mass is 32.2. The highest BCUT2D eigenvalue weighted by Crippen LogP contribution is 2.30. The summed E-state index contributed by atoms with van der Waals surface area (Å²) in [6.45, 7) is 0. The Hall–Kier alpha value is -3.00. The first-order valence-corrected chi connectivity index (χ1v) is 7.81. The summed E-state index contributed by atoms with van der Waals surface area (Å²) in [7, 11) is 0. The van der Waals surface area contributed by atoms with E-state index in [2.05, 4.69) is 10.2 Å². The van der Waals surface area contributed by atoms with E-state index in [9.17, 15) is 18.7 Å². The fourth-order valence-corrected chi connectivity index (χ4v) is 2.57. The molecule has 0 aliphatic heterocycles. The number of hydrogen-bond donors (Lipinski definition) is 1. The number of carboxylic acids is 1. The second kappa shape index (κ2) is 7.27. The first kappa shape index (κ1) is 16.8. The third kappa shape index (κ3) is 4.30. The van der Waals surface area contributed by atoms with Crippen LogP contribution >= 0.6 is 11.8 Å². The smallest absolute Gasteiger partial charge is 0.342 e. The summed E-state index contributed by atoms with van der Waals surface area (Å²) in [5.74, 6) is -1.85. The van der Waals surface area contributed by atoms with Crippen molar-refractivity contribution in [1.29, 1.82) is 0 Å². The van der Waals surface area contributed by atoms with Gasteiger partial charge in [0.05, 0.1) is 0 Å². The van der Waals surface area contributed by atoms with Crippen molar-refractivity contribution in [1.82, 2.24) is 10.2 Å². The van der Waals surface area contributed by atoms with E-state index in [1.54, 1.807) is 0 Å². The van der Waals surface area contributed by atoms with Gasteiger partial charge in [0.15, 0.2) is 0 Å². The molecule has 3 rings (SSSR count). The number of aromatic nitrogens is 2. The Kier molecular flexibility index (Phi) is 4.90. The molecule has 2 aromatic carbocycles. The Balaban J connectivity index is 1.82. The number of nitrogens with zero attached hydrogens (tertiary/aromatic N) is 2. The van der Waals surface area contributed by atoms with Crippen molar-refractivity contribution < 1.29 is 23.1 Å². The van der Waals surface area contributed by atoms with Gasteiger partial charge in [0.25, 0.3) is 5.22 Å². The number of rotatable bonds is 5. The number of halogens is 2. The first-order chi connectivity index (χ1) is 12.0. The van der Waals surface area contributed by atoms with Crippen molar-refractivity contribution in [2.24, 2.45) is 0 Å². The maximum absolute atomic E-state index is 12.9. The zero-order valence-corrected chi connectivity index (χ0v) is 13.3. The molecule has 1 aromatic heterocycles. The van der Waals surface area contributed by atoms with Crippen molar-refractivity contribution in [3.63, 3.8) is 0 Å². The van der Waals surface area contributed by atoms with Gasteiger partial charge in [-0.2, -0.15) is 0 Å². The number of aliphatic carboxylic acids is 1. The highest BCUT2D eigenvalue weighted by molar-refractivity contribution is 8.03. The first-order valence-electron chi connectivity index (χ1n) is 6.99. The zero-order chi connectivity index (χ0) is 17.8. The summed E-state index contributed by atoms with van der Waals surface area (Å²) >= 11 is 0.768. The summed E-state index contributed by atoms with van der Waals surface area (Å²) < 4.78 is 31.3. The predicted molar refractivity (Wildman–Crippen MR) is 87.6 cm³/mol. The lowest BCUT2D eigenvalue weighted by Gasteiger charge is -1.99. The van der Waals surface area contributed by atoms with Gasteiger partial charge in [-0.25, -0.2) is 13.6 Å². The summed E-state index contributed by atoms with van der Waals surface area (Å²) in [6, 6.07) is 10.8. The van der Waals surface area contributed by atoms with Crippen LogP contribution in [0.15, 0.2) is 63.1 Å². The number of benzene rings is 2. The Morgan fingerprint density at radius 1 is 1.00 bits per heavy atom. The standard InChI is InChI=1S/C17H10F2N2O3S/c18-12-5-1-10(2-6-12)9-14(16(22)23)25-17-21-20-15(24-17)11-3-7-13(19)8-4-11/h1-9H,(H,22,23)/b14-9+. The molecule has 0 bridgehead atoms. The van der Waals surface area contributed by atoms with Crippen LogP contribution in [0.2, 0.25) is 0 Å². The molecule has 1 heterocycles. The van der Waals surface area contributed by atoms with Gasteiger partial charge in [0, 0.05) is 5.56 Å². The maximum Gasteiger partial charge on any atom is 0.342 e. The van der Waals surface area contributed by atoms with Gasteiger partial charge < -0.3 is 9.52 Å². The van der Waals surface area contributed by atoms with Crippen molar-refractivity contribution >= 4 is 23.8 Å². The summed E-state index contributed by atoms with van der Waals surface area (Å²) in [5.41, 5.74) is 1.03. The molecule has 25 heavy (non-hydrogen) atoms. The number of carboxylic acid groups (broad SMARTS) is 1. The predicted octanol–water partition coefficient (Wildman–Crippen LogP) is 4.23. The highest BCUT2D eigenvalue weighted by Gasteiger charge is 2.16. The minimum Gasteiger partial charge on any atom is -0.477 e. The Bertz CT molecular complexity index is 922. The molecule has 3 aromatic rings. The molecule has 0 spiro atoms. The average molecular weight is 360 g/mol. The van der Waals surface area contributed by atoms with Crippen LogP contribution in [0.4, 0.5) is 8.78 Å². The molecule has 0 fully saturated rings. The van der Waals surface area contributed by atoms with E-state index in [4.69, 9.17) is 4.42 Å². The second-order valence-electron chi connectivity index (χ2n) is 4.85. The topological polar surface area (TPSA) is 76.2 Å². The van der Waals surface area contributed by atoms with Crippen LogP contribution in [0.25, 0.3) is 17.5 Å². The molecule has 0 aliphatic carbocycles. The van der Waals surface area contributed by atoms with Crippen molar-refractivity contribution in [3.05, 3.63) is 70.6 Å². The van der Waals surface area contributed by atoms with Gasteiger partial charge in [-0.1, -0.05) is 12.1 Å². The molecule has 0 atom stereocenters. The van der Waals surface area contributed by atoms with Gasteiger partial charge in [-0.15, -0.1) is 10.2 Å².